The smallest absolute Gasteiger partial charge is 0.338 e. The third-order valence-corrected chi connectivity index (χ3v) is 6.48. The van der Waals surface area contributed by atoms with Crippen molar-refractivity contribution >= 4 is 11.9 Å². The van der Waals surface area contributed by atoms with Crippen molar-refractivity contribution in [3.8, 4) is 0 Å². The Morgan fingerprint density at radius 2 is 2.07 bits per heavy atom. The van der Waals surface area contributed by atoms with Gasteiger partial charge in [-0.15, -0.1) is 0 Å². The molecular formula is C19H28NO7+. The maximum atomic E-state index is 12.7. The Morgan fingerprint density at radius 3 is 2.74 bits per heavy atom. The molecule has 0 aromatic rings. The number of nitrogens with zero attached hydrogens (tertiary/aromatic N) is 1. The molecule has 3 aliphatic rings. The van der Waals surface area contributed by atoms with Gasteiger partial charge >= 0.3 is 11.9 Å². The van der Waals surface area contributed by atoms with E-state index in [1.54, 1.807) is 6.92 Å². The lowest BCUT2D eigenvalue weighted by Crippen LogP contribution is -2.61. The summed E-state index contributed by atoms with van der Waals surface area (Å²) in [6.45, 7) is 3.56. The van der Waals surface area contributed by atoms with Gasteiger partial charge in [0.25, 0.3) is 5.72 Å². The molecule has 3 rings (SSSR count). The molecule has 0 aliphatic carbocycles. The van der Waals surface area contributed by atoms with Crippen molar-refractivity contribution in [1.82, 2.24) is 0 Å². The molecule has 2 fully saturated rings. The third kappa shape index (κ3) is 3.00. The number of likely N-dealkylation sites (N-methyl/N-ethyl adjacent to an activating group) is 1. The fourth-order valence-corrected chi connectivity index (χ4v) is 4.26. The molecule has 0 bridgehead atoms. The number of ether oxygens (including phenoxy) is 2. The van der Waals surface area contributed by atoms with E-state index in [2.05, 4.69) is 0 Å². The number of carbonyl (C=O) groups excluding carboxylic acids is 2. The van der Waals surface area contributed by atoms with Crippen LogP contribution in [0.5, 0.6) is 0 Å². The molecular weight excluding hydrogens is 354 g/mol. The molecule has 0 amide bonds. The van der Waals surface area contributed by atoms with Gasteiger partial charge in [0, 0.05) is 12.0 Å². The van der Waals surface area contributed by atoms with Crippen LogP contribution in [0.25, 0.3) is 0 Å². The molecule has 0 radical (unpaired) electrons. The van der Waals surface area contributed by atoms with E-state index in [9.17, 15) is 24.9 Å². The second-order valence-electron chi connectivity index (χ2n) is 8.18. The van der Waals surface area contributed by atoms with Crippen LogP contribution in [0.1, 0.15) is 26.7 Å². The quantitative estimate of drug-likeness (QED) is 0.245. The van der Waals surface area contributed by atoms with Gasteiger partial charge in [-0.05, 0) is 31.4 Å². The van der Waals surface area contributed by atoms with Crippen LogP contribution < -0.4 is 0 Å². The predicted molar refractivity (Wildman–Crippen MR) is 94.0 cm³/mol. The van der Waals surface area contributed by atoms with Gasteiger partial charge in [-0.3, -0.25) is 4.48 Å². The summed E-state index contributed by atoms with van der Waals surface area (Å²) in [5.74, 6) is -2.11. The molecule has 0 aromatic carbocycles. The number of hydrogen-bond acceptors (Lipinski definition) is 7. The van der Waals surface area contributed by atoms with Crippen LogP contribution in [-0.2, 0) is 19.1 Å². The lowest BCUT2D eigenvalue weighted by Gasteiger charge is -2.40. The summed E-state index contributed by atoms with van der Waals surface area (Å²) < 4.78 is 11.2. The Balaban J connectivity index is 2.01. The van der Waals surface area contributed by atoms with Gasteiger partial charge in [0.05, 0.1) is 25.8 Å². The maximum absolute atomic E-state index is 12.7. The van der Waals surface area contributed by atoms with E-state index in [-0.39, 0.29) is 29.7 Å². The Labute approximate surface area is 158 Å². The summed E-state index contributed by atoms with van der Waals surface area (Å²) in [6, 6.07) is 0. The van der Waals surface area contributed by atoms with Crippen LogP contribution >= 0.6 is 0 Å². The minimum atomic E-state index is -1.83. The second-order valence-corrected chi connectivity index (χ2v) is 8.18. The summed E-state index contributed by atoms with van der Waals surface area (Å²) in [4.78, 5) is 25.2. The van der Waals surface area contributed by atoms with Crippen molar-refractivity contribution in [3.63, 3.8) is 0 Å². The van der Waals surface area contributed by atoms with E-state index in [1.165, 1.54) is 13.0 Å². The standard InChI is InChI=1S/C19H28NO7/c1-12-10-13(6-9-21)16(22)27-15-5-8-20(3)7-4-14(19(15,20)25)11-26-17(23)18(12,2)24/h4,6,12,15,21,24-25H,5,7-11H2,1-3H3/q+1/b13-6+/t12-,15-,18+,19+,20?/m1/s1. The van der Waals surface area contributed by atoms with Crippen molar-refractivity contribution < 1.29 is 38.9 Å². The van der Waals surface area contributed by atoms with Crippen LogP contribution in [0.2, 0.25) is 0 Å². The number of aliphatic hydroxyl groups excluding tert-OH is 1. The zero-order chi connectivity index (χ0) is 20.0. The Bertz CT molecular complexity index is 713. The monoisotopic (exact) mass is 382 g/mol. The SMILES string of the molecule is C[C@@H]1C/C(=C\CO)C(=O)O[C@@H]2CC[N+]3(C)CC=C(COC(=O)[C@@]1(C)O)[C@]23O. The summed E-state index contributed by atoms with van der Waals surface area (Å²) in [5.41, 5.74) is -2.67. The van der Waals surface area contributed by atoms with Crippen molar-refractivity contribution in [2.45, 2.75) is 44.1 Å². The summed E-state index contributed by atoms with van der Waals surface area (Å²) in [6.07, 6.45) is 2.84. The average molecular weight is 382 g/mol. The molecule has 0 spiro atoms. The minimum Gasteiger partial charge on any atom is -0.459 e. The van der Waals surface area contributed by atoms with E-state index >= 15 is 0 Å². The molecule has 3 heterocycles. The molecule has 2 saturated heterocycles. The van der Waals surface area contributed by atoms with Crippen LogP contribution in [0.4, 0.5) is 0 Å². The Kier molecular flexibility index (Phi) is 4.96. The summed E-state index contributed by atoms with van der Waals surface area (Å²) in [7, 11) is 1.87. The zero-order valence-corrected chi connectivity index (χ0v) is 16.0. The number of carbonyl (C=O) groups is 2. The molecule has 1 unspecified atom stereocenters. The number of quaternary nitrogens is 1. The van der Waals surface area contributed by atoms with Gasteiger partial charge in [-0.25, -0.2) is 9.59 Å². The van der Waals surface area contributed by atoms with Crippen LogP contribution in [0.3, 0.4) is 0 Å². The summed E-state index contributed by atoms with van der Waals surface area (Å²) >= 11 is 0. The van der Waals surface area contributed by atoms with Crippen molar-refractivity contribution in [1.29, 1.82) is 0 Å². The van der Waals surface area contributed by atoms with E-state index < -0.39 is 35.3 Å². The molecule has 0 saturated carbocycles. The highest BCUT2D eigenvalue weighted by Crippen LogP contribution is 2.45. The predicted octanol–water partition coefficient (Wildman–Crippen LogP) is -0.370. The minimum absolute atomic E-state index is 0.0292. The second kappa shape index (κ2) is 6.70. The first-order chi connectivity index (χ1) is 12.6. The summed E-state index contributed by atoms with van der Waals surface area (Å²) in [5, 5.41) is 31.4. The molecule has 27 heavy (non-hydrogen) atoms. The highest BCUT2D eigenvalue weighted by Gasteiger charge is 2.65. The molecule has 8 heteroatoms. The molecule has 3 aliphatic heterocycles. The maximum Gasteiger partial charge on any atom is 0.338 e. The van der Waals surface area contributed by atoms with Crippen LogP contribution in [0.15, 0.2) is 23.3 Å². The highest BCUT2D eigenvalue weighted by atomic mass is 16.6. The van der Waals surface area contributed by atoms with Crippen LogP contribution in [0, 0.1) is 5.92 Å². The fraction of sp³-hybridized carbons (Fsp3) is 0.684. The van der Waals surface area contributed by atoms with Crippen LogP contribution in [-0.4, -0.2) is 82.5 Å². The van der Waals surface area contributed by atoms with Crippen molar-refractivity contribution in [2.24, 2.45) is 5.92 Å². The normalized spacial score (nSPS) is 44.1. The number of rotatable bonds is 1. The average Bonchev–Trinajstić information content (AvgIpc) is 3.00. The topological polar surface area (TPSA) is 113 Å². The molecule has 8 nitrogen and oxygen atoms in total. The number of aliphatic hydroxyl groups is 3. The first kappa shape index (κ1) is 20.0. The largest absolute Gasteiger partial charge is 0.459 e. The number of esters is 2. The van der Waals surface area contributed by atoms with Gasteiger partial charge in [0.15, 0.2) is 11.7 Å². The Morgan fingerprint density at radius 1 is 1.37 bits per heavy atom. The van der Waals surface area contributed by atoms with Crippen molar-refractivity contribution in [3.05, 3.63) is 23.3 Å². The van der Waals surface area contributed by atoms with E-state index in [0.29, 0.717) is 25.1 Å². The van der Waals surface area contributed by atoms with Gasteiger partial charge in [-0.1, -0.05) is 6.92 Å². The van der Waals surface area contributed by atoms with E-state index in [4.69, 9.17) is 9.47 Å². The van der Waals surface area contributed by atoms with Crippen molar-refractivity contribution in [2.75, 3.05) is 33.4 Å². The fourth-order valence-electron chi connectivity index (χ4n) is 4.26. The molecule has 0 aromatic heterocycles. The van der Waals surface area contributed by atoms with Gasteiger partial charge in [0.2, 0.25) is 0 Å². The van der Waals surface area contributed by atoms with Gasteiger partial charge in [-0.2, -0.15) is 0 Å². The van der Waals surface area contributed by atoms with E-state index in [0.717, 1.165) is 0 Å². The number of hydrogen-bond donors (Lipinski definition) is 3. The van der Waals surface area contributed by atoms with Gasteiger partial charge in [0.1, 0.15) is 13.2 Å². The van der Waals surface area contributed by atoms with Gasteiger partial charge < -0.3 is 24.8 Å². The van der Waals surface area contributed by atoms with E-state index in [1.807, 2.05) is 13.1 Å². The first-order valence-electron chi connectivity index (χ1n) is 9.23. The zero-order valence-electron chi connectivity index (χ0n) is 16.0. The Hall–Kier alpha value is -1.74. The lowest BCUT2D eigenvalue weighted by atomic mass is 9.85. The third-order valence-electron chi connectivity index (χ3n) is 6.48. The molecule has 5 atom stereocenters. The first-order valence-corrected chi connectivity index (χ1v) is 9.23. The molecule has 3 N–H and O–H groups in total. The number of cyclic esters (lactones) is 1. The highest BCUT2D eigenvalue weighted by molar-refractivity contribution is 5.89. The lowest BCUT2D eigenvalue weighted by molar-refractivity contribution is -0.955. The molecule has 150 valence electrons.